The van der Waals surface area contributed by atoms with Gasteiger partial charge in [0.25, 0.3) is 0 Å². The van der Waals surface area contributed by atoms with Crippen LogP contribution in [0.15, 0.2) is 152 Å². The van der Waals surface area contributed by atoms with Crippen molar-refractivity contribution in [2.75, 3.05) is 4.90 Å². The van der Waals surface area contributed by atoms with Gasteiger partial charge in [0.15, 0.2) is 11.6 Å². The van der Waals surface area contributed by atoms with E-state index in [1.54, 1.807) is 0 Å². The van der Waals surface area contributed by atoms with Gasteiger partial charge in [0.2, 0.25) is 0 Å². The Morgan fingerprint density at radius 1 is 0.410 bits per heavy atom. The quantitative estimate of drug-likeness (QED) is 0.210. The summed E-state index contributed by atoms with van der Waals surface area (Å²) in [5.41, 5.74) is 4.25. The van der Waals surface area contributed by atoms with Crippen LogP contribution in [-0.2, 0) is 0 Å². The molecule has 1 fully saturated rings. The highest BCUT2D eigenvalue weighted by Crippen LogP contribution is 2.55. The molecule has 1 saturated heterocycles. The molecule has 0 unspecified atom stereocenters. The Balaban J connectivity index is 1.64. The summed E-state index contributed by atoms with van der Waals surface area (Å²) in [5.74, 6) is -1.24. The highest BCUT2D eigenvalue weighted by molar-refractivity contribution is 6.07. The highest BCUT2D eigenvalue weighted by atomic mass is 16.1. The second kappa shape index (κ2) is 10.9. The Bertz CT molecular complexity index is 1440. The third-order valence-electron chi connectivity index (χ3n) is 7.73. The number of benzene rings is 5. The summed E-state index contributed by atoms with van der Waals surface area (Å²) in [6.07, 6.45) is 0. The molecule has 3 nitrogen and oxygen atoms in total. The van der Waals surface area contributed by atoms with Crippen molar-refractivity contribution in [3.05, 3.63) is 174 Å². The minimum atomic E-state index is -0.604. The molecule has 1 aliphatic rings. The standard InChI is InChI=1S/C36H29NO2/c38-35(28-20-10-3-11-21-28)31-32(36(39)29-22-12-4-13-23-29)34(27-18-8-2-9-19-27)37(30-24-14-5-15-25-30)33(31)26-16-6-1-7-17-26/h1-25,31-34H/t31-,32+,33-,34-/m0/s1. The normalized spacial score (nSPS) is 20.5. The second-order valence-corrected chi connectivity index (χ2v) is 9.97. The summed E-state index contributed by atoms with van der Waals surface area (Å²) in [5, 5.41) is 0. The molecule has 0 saturated carbocycles. The summed E-state index contributed by atoms with van der Waals surface area (Å²) in [6.45, 7) is 0. The number of ketones is 2. The Morgan fingerprint density at radius 3 is 1.08 bits per heavy atom. The number of nitrogens with zero attached hydrogens (tertiary/aromatic N) is 1. The van der Waals surface area contributed by atoms with Gasteiger partial charge in [-0.05, 0) is 23.3 Å². The lowest BCUT2D eigenvalue weighted by Crippen LogP contribution is -2.31. The van der Waals surface area contributed by atoms with Gasteiger partial charge in [-0.2, -0.15) is 0 Å². The van der Waals surface area contributed by atoms with Crippen LogP contribution in [0.25, 0.3) is 0 Å². The summed E-state index contributed by atoms with van der Waals surface area (Å²) in [4.78, 5) is 31.4. The molecular weight excluding hydrogens is 478 g/mol. The van der Waals surface area contributed by atoms with Crippen molar-refractivity contribution in [1.29, 1.82) is 0 Å². The van der Waals surface area contributed by atoms with Crippen LogP contribution in [0.1, 0.15) is 43.9 Å². The fraction of sp³-hybridized carbons (Fsp3) is 0.111. The van der Waals surface area contributed by atoms with Crippen molar-refractivity contribution >= 4 is 17.3 Å². The molecule has 5 aromatic rings. The van der Waals surface area contributed by atoms with Gasteiger partial charge < -0.3 is 4.90 Å². The van der Waals surface area contributed by atoms with Crippen molar-refractivity contribution in [2.45, 2.75) is 12.1 Å². The topological polar surface area (TPSA) is 37.4 Å². The summed E-state index contributed by atoms with van der Waals surface area (Å²) >= 11 is 0. The van der Waals surface area contributed by atoms with Crippen LogP contribution in [0.5, 0.6) is 0 Å². The van der Waals surface area contributed by atoms with Crippen LogP contribution >= 0.6 is 0 Å². The molecule has 0 radical (unpaired) electrons. The predicted molar refractivity (Wildman–Crippen MR) is 156 cm³/mol. The molecule has 0 aliphatic carbocycles. The van der Waals surface area contributed by atoms with Gasteiger partial charge in [-0.25, -0.2) is 0 Å². The summed E-state index contributed by atoms with van der Waals surface area (Å²) in [6, 6.07) is 48.6. The molecule has 3 heteroatoms. The number of hydrogen-bond donors (Lipinski definition) is 0. The fourth-order valence-corrected chi connectivity index (χ4v) is 6.07. The monoisotopic (exact) mass is 507 g/mol. The molecule has 0 N–H and O–H groups in total. The Kier molecular flexibility index (Phi) is 6.88. The molecular formula is C36H29NO2. The average molecular weight is 508 g/mol. The molecule has 0 amide bonds. The number of hydrogen-bond acceptors (Lipinski definition) is 3. The van der Waals surface area contributed by atoms with Crippen LogP contribution in [-0.4, -0.2) is 11.6 Å². The first-order valence-electron chi connectivity index (χ1n) is 13.4. The Labute approximate surface area is 229 Å². The smallest absolute Gasteiger partial charge is 0.169 e. The maximum atomic E-state index is 14.6. The number of anilines is 1. The molecule has 0 spiro atoms. The average Bonchev–Trinajstić information content (AvgIpc) is 3.38. The van der Waals surface area contributed by atoms with E-state index in [2.05, 4.69) is 41.3 Å². The largest absolute Gasteiger partial charge is 0.356 e. The van der Waals surface area contributed by atoms with Crippen molar-refractivity contribution in [3.63, 3.8) is 0 Å². The van der Waals surface area contributed by atoms with Crippen molar-refractivity contribution < 1.29 is 9.59 Å². The van der Waals surface area contributed by atoms with Gasteiger partial charge in [-0.3, -0.25) is 9.59 Å². The van der Waals surface area contributed by atoms with E-state index in [-0.39, 0.29) is 23.7 Å². The van der Waals surface area contributed by atoms with E-state index < -0.39 is 11.8 Å². The zero-order chi connectivity index (χ0) is 26.6. The van der Waals surface area contributed by atoms with E-state index in [1.807, 2.05) is 115 Å². The molecule has 1 heterocycles. The maximum Gasteiger partial charge on any atom is 0.169 e. The van der Waals surface area contributed by atoms with Gasteiger partial charge in [-0.15, -0.1) is 0 Å². The Morgan fingerprint density at radius 2 is 0.718 bits per heavy atom. The first-order chi connectivity index (χ1) is 19.2. The predicted octanol–water partition coefficient (Wildman–Crippen LogP) is 7.99. The lowest BCUT2D eigenvalue weighted by molar-refractivity contribution is 0.0773. The molecule has 0 bridgehead atoms. The number of Topliss-reactive ketones (excluding diaryl/α,β-unsaturated/α-hetero) is 2. The molecule has 0 aromatic heterocycles. The van der Waals surface area contributed by atoms with E-state index in [0.717, 1.165) is 16.8 Å². The van der Waals surface area contributed by atoms with Crippen LogP contribution in [0.2, 0.25) is 0 Å². The first-order valence-corrected chi connectivity index (χ1v) is 13.4. The van der Waals surface area contributed by atoms with Crippen LogP contribution in [0.4, 0.5) is 5.69 Å². The maximum absolute atomic E-state index is 14.6. The zero-order valence-corrected chi connectivity index (χ0v) is 21.5. The van der Waals surface area contributed by atoms with E-state index in [0.29, 0.717) is 11.1 Å². The van der Waals surface area contributed by atoms with Gasteiger partial charge >= 0.3 is 0 Å². The van der Waals surface area contributed by atoms with Gasteiger partial charge in [-0.1, -0.05) is 140 Å². The fourth-order valence-electron chi connectivity index (χ4n) is 6.07. The molecule has 1 aliphatic heterocycles. The van der Waals surface area contributed by atoms with Gasteiger partial charge in [0.1, 0.15) is 0 Å². The minimum absolute atomic E-state index is 0.0157. The van der Waals surface area contributed by atoms with Crippen LogP contribution in [0.3, 0.4) is 0 Å². The zero-order valence-electron chi connectivity index (χ0n) is 21.5. The SMILES string of the molecule is O=C(c1ccccc1)[C@@H]1[C@H](C(=O)c2ccccc2)[C@H](c2ccccc2)N(c2ccccc2)[C@H]1c1ccccc1. The minimum Gasteiger partial charge on any atom is -0.356 e. The third-order valence-corrected chi connectivity index (χ3v) is 7.73. The van der Waals surface area contributed by atoms with Gasteiger partial charge in [0.05, 0.1) is 23.9 Å². The lowest BCUT2D eigenvalue weighted by atomic mass is 9.75. The lowest BCUT2D eigenvalue weighted by Gasteiger charge is -2.34. The van der Waals surface area contributed by atoms with Crippen molar-refractivity contribution in [3.8, 4) is 0 Å². The van der Waals surface area contributed by atoms with Gasteiger partial charge in [0, 0.05) is 16.8 Å². The number of carbonyl (C=O) groups excluding carboxylic acids is 2. The highest BCUT2D eigenvalue weighted by Gasteiger charge is 2.55. The van der Waals surface area contributed by atoms with E-state index >= 15 is 0 Å². The molecule has 39 heavy (non-hydrogen) atoms. The van der Waals surface area contributed by atoms with Crippen molar-refractivity contribution in [2.24, 2.45) is 11.8 Å². The Hall–Kier alpha value is -4.76. The van der Waals surface area contributed by atoms with Crippen LogP contribution < -0.4 is 4.90 Å². The van der Waals surface area contributed by atoms with Crippen molar-refractivity contribution in [1.82, 2.24) is 0 Å². The number of carbonyl (C=O) groups is 2. The molecule has 6 rings (SSSR count). The third kappa shape index (κ3) is 4.68. The van der Waals surface area contributed by atoms with E-state index in [1.165, 1.54) is 0 Å². The number of para-hydroxylation sites is 1. The second-order valence-electron chi connectivity index (χ2n) is 9.97. The first kappa shape index (κ1) is 24.6. The summed E-state index contributed by atoms with van der Waals surface area (Å²) < 4.78 is 0. The van der Waals surface area contributed by atoms with E-state index in [9.17, 15) is 9.59 Å². The van der Waals surface area contributed by atoms with Crippen LogP contribution in [0, 0.1) is 11.8 Å². The molecule has 190 valence electrons. The molecule has 5 aromatic carbocycles. The summed E-state index contributed by atoms with van der Waals surface area (Å²) in [7, 11) is 0. The van der Waals surface area contributed by atoms with E-state index in [4.69, 9.17) is 0 Å². The number of rotatable bonds is 7. The molecule has 4 atom stereocenters.